The molecule has 0 amide bonds. The summed E-state index contributed by atoms with van der Waals surface area (Å²) in [7, 11) is 0. The Balaban J connectivity index is 2.19. The van der Waals surface area contributed by atoms with Crippen molar-refractivity contribution in [3.05, 3.63) is 35.4 Å². The zero-order valence-electron chi connectivity index (χ0n) is 12.0. The topological polar surface area (TPSA) is 12.0 Å². The fourth-order valence-electron chi connectivity index (χ4n) is 3.02. The molecule has 19 heavy (non-hydrogen) atoms. The van der Waals surface area contributed by atoms with E-state index in [1.807, 2.05) is 0 Å². The third-order valence-electron chi connectivity index (χ3n) is 4.43. The van der Waals surface area contributed by atoms with Crippen LogP contribution in [-0.4, -0.2) is 13.1 Å². The van der Waals surface area contributed by atoms with Crippen molar-refractivity contribution in [1.82, 2.24) is 5.32 Å². The molecule has 1 aliphatic rings. The van der Waals surface area contributed by atoms with E-state index in [2.05, 4.69) is 26.1 Å². The zero-order chi connectivity index (χ0) is 14.0. The van der Waals surface area contributed by atoms with E-state index in [1.54, 1.807) is 6.07 Å². The molecule has 3 heteroatoms. The second-order valence-electron chi connectivity index (χ2n) is 6.24. The fraction of sp³-hybridized carbons (Fsp3) is 0.625. The van der Waals surface area contributed by atoms with Gasteiger partial charge in [0.05, 0.1) is 0 Å². The van der Waals surface area contributed by atoms with Gasteiger partial charge in [-0.3, -0.25) is 0 Å². The maximum atomic E-state index is 14.1. The molecule has 106 valence electrons. The van der Waals surface area contributed by atoms with E-state index >= 15 is 0 Å². The van der Waals surface area contributed by atoms with E-state index in [0.717, 1.165) is 32.0 Å². The Bertz CT molecular complexity index is 444. The van der Waals surface area contributed by atoms with Gasteiger partial charge in [-0.05, 0) is 42.9 Å². The molecule has 2 atom stereocenters. The minimum atomic E-state index is -0.501. The molecule has 0 saturated heterocycles. The van der Waals surface area contributed by atoms with Crippen molar-refractivity contribution in [2.75, 3.05) is 13.1 Å². The molecule has 0 aromatic heterocycles. The van der Waals surface area contributed by atoms with Gasteiger partial charge in [-0.15, -0.1) is 0 Å². The molecule has 0 bridgehead atoms. The van der Waals surface area contributed by atoms with Crippen LogP contribution in [0.25, 0.3) is 0 Å². The Morgan fingerprint density at radius 3 is 2.58 bits per heavy atom. The Hall–Kier alpha value is -0.960. The third kappa shape index (κ3) is 2.81. The Labute approximate surface area is 114 Å². The van der Waals surface area contributed by atoms with Gasteiger partial charge < -0.3 is 5.32 Å². The maximum absolute atomic E-state index is 14.1. The van der Waals surface area contributed by atoms with Gasteiger partial charge in [0, 0.05) is 18.0 Å². The minimum Gasteiger partial charge on any atom is -0.316 e. The summed E-state index contributed by atoms with van der Waals surface area (Å²) >= 11 is 0. The highest BCUT2D eigenvalue weighted by molar-refractivity contribution is 5.32. The first kappa shape index (κ1) is 14.4. The molecule has 2 unspecified atom stereocenters. The lowest BCUT2D eigenvalue weighted by Crippen LogP contribution is -2.51. The van der Waals surface area contributed by atoms with Crippen molar-refractivity contribution < 1.29 is 8.78 Å². The molecule has 1 aromatic carbocycles. The molecule has 1 nitrogen and oxygen atoms in total. The van der Waals surface area contributed by atoms with Crippen LogP contribution in [0.2, 0.25) is 0 Å². The Morgan fingerprint density at radius 2 is 2.11 bits per heavy atom. The lowest BCUT2D eigenvalue weighted by Gasteiger charge is -2.49. The smallest absolute Gasteiger partial charge is 0.129 e. The van der Waals surface area contributed by atoms with Crippen molar-refractivity contribution in [3.63, 3.8) is 0 Å². The second-order valence-corrected chi connectivity index (χ2v) is 6.24. The number of halogens is 2. The van der Waals surface area contributed by atoms with Crippen LogP contribution in [0.5, 0.6) is 0 Å². The molecule has 1 N–H and O–H groups in total. The van der Waals surface area contributed by atoms with Gasteiger partial charge in [0.2, 0.25) is 0 Å². The minimum absolute atomic E-state index is 0.160. The first-order valence-corrected chi connectivity index (χ1v) is 7.12. The van der Waals surface area contributed by atoms with Crippen LogP contribution in [0.4, 0.5) is 8.78 Å². The number of hydrogen-bond acceptors (Lipinski definition) is 1. The van der Waals surface area contributed by atoms with Crippen LogP contribution < -0.4 is 5.32 Å². The van der Waals surface area contributed by atoms with Crippen LogP contribution in [0, 0.1) is 23.5 Å². The lowest BCUT2D eigenvalue weighted by molar-refractivity contribution is 0.128. The highest BCUT2D eigenvalue weighted by atomic mass is 19.1. The summed E-state index contributed by atoms with van der Waals surface area (Å²) in [6.07, 6.45) is 2.09. The van der Waals surface area contributed by atoms with Gasteiger partial charge in [-0.1, -0.05) is 26.8 Å². The number of nitrogens with one attached hydrogen (secondary N) is 1. The van der Waals surface area contributed by atoms with Crippen LogP contribution in [0.3, 0.4) is 0 Å². The van der Waals surface area contributed by atoms with E-state index in [9.17, 15) is 8.78 Å². The first-order valence-electron chi connectivity index (χ1n) is 7.12. The highest BCUT2D eigenvalue weighted by Gasteiger charge is 2.46. The quantitative estimate of drug-likeness (QED) is 0.853. The third-order valence-corrected chi connectivity index (χ3v) is 4.43. The van der Waals surface area contributed by atoms with Crippen LogP contribution in [0.1, 0.15) is 39.2 Å². The molecule has 0 radical (unpaired) electrons. The monoisotopic (exact) mass is 267 g/mol. The summed E-state index contributed by atoms with van der Waals surface area (Å²) in [5.74, 6) is 0.106. The van der Waals surface area contributed by atoms with Crippen molar-refractivity contribution in [1.29, 1.82) is 0 Å². The molecule has 1 aliphatic carbocycles. The van der Waals surface area contributed by atoms with Gasteiger partial charge in [-0.25, -0.2) is 8.78 Å². The summed E-state index contributed by atoms with van der Waals surface area (Å²) in [6, 6.07) is 4.00. The van der Waals surface area contributed by atoms with Crippen molar-refractivity contribution in [3.8, 4) is 0 Å². The Morgan fingerprint density at radius 1 is 1.37 bits per heavy atom. The SMILES string of the molecule is CC(C)CNCC1(c2ccc(F)cc2F)CCC1C. The molecule has 1 aromatic rings. The first-order chi connectivity index (χ1) is 8.95. The molecule has 0 spiro atoms. The maximum Gasteiger partial charge on any atom is 0.129 e. The molecule has 0 heterocycles. The van der Waals surface area contributed by atoms with Gasteiger partial charge in [-0.2, -0.15) is 0 Å². The summed E-state index contributed by atoms with van der Waals surface area (Å²) in [5.41, 5.74) is 0.510. The van der Waals surface area contributed by atoms with Gasteiger partial charge in [0.25, 0.3) is 0 Å². The number of hydrogen-bond donors (Lipinski definition) is 1. The van der Waals surface area contributed by atoms with E-state index in [4.69, 9.17) is 0 Å². The van der Waals surface area contributed by atoms with Crippen LogP contribution >= 0.6 is 0 Å². The zero-order valence-corrected chi connectivity index (χ0v) is 12.0. The van der Waals surface area contributed by atoms with E-state index < -0.39 is 11.6 Å². The Kier molecular flexibility index (Phi) is 4.24. The second kappa shape index (κ2) is 5.58. The molecular formula is C16H23F2N. The summed E-state index contributed by atoms with van der Waals surface area (Å²) in [5, 5.41) is 3.44. The molecule has 2 rings (SSSR count). The summed E-state index contributed by atoms with van der Waals surface area (Å²) < 4.78 is 27.1. The average molecular weight is 267 g/mol. The standard InChI is InChI=1S/C16H23F2N/c1-11(2)9-19-10-16(7-6-12(16)3)14-5-4-13(17)8-15(14)18/h4-5,8,11-12,19H,6-7,9-10H2,1-3H3. The summed E-state index contributed by atoms with van der Waals surface area (Å²) in [4.78, 5) is 0. The van der Waals surface area contributed by atoms with Gasteiger partial charge in [0.1, 0.15) is 11.6 Å². The average Bonchev–Trinajstić information content (AvgIpc) is 2.33. The molecule has 0 aliphatic heterocycles. The lowest BCUT2D eigenvalue weighted by atomic mass is 9.57. The molecular weight excluding hydrogens is 244 g/mol. The predicted octanol–water partition coefficient (Wildman–Crippen LogP) is 3.88. The van der Waals surface area contributed by atoms with E-state index in [1.165, 1.54) is 6.07 Å². The summed E-state index contributed by atoms with van der Waals surface area (Å²) in [6.45, 7) is 8.17. The fourth-order valence-corrected chi connectivity index (χ4v) is 3.02. The van der Waals surface area contributed by atoms with Crippen molar-refractivity contribution >= 4 is 0 Å². The van der Waals surface area contributed by atoms with Crippen LogP contribution in [-0.2, 0) is 5.41 Å². The predicted molar refractivity (Wildman–Crippen MR) is 74.1 cm³/mol. The largest absolute Gasteiger partial charge is 0.316 e. The molecule has 1 fully saturated rings. The van der Waals surface area contributed by atoms with Crippen molar-refractivity contribution in [2.24, 2.45) is 11.8 Å². The van der Waals surface area contributed by atoms with Gasteiger partial charge >= 0.3 is 0 Å². The van der Waals surface area contributed by atoms with E-state index in [0.29, 0.717) is 17.4 Å². The van der Waals surface area contributed by atoms with Crippen molar-refractivity contribution in [2.45, 2.75) is 39.0 Å². The normalized spacial score (nSPS) is 26.5. The highest BCUT2D eigenvalue weighted by Crippen LogP contribution is 2.49. The van der Waals surface area contributed by atoms with Crippen LogP contribution in [0.15, 0.2) is 18.2 Å². The van der Waals surface area contributed by atoms with E-state index in [-0.39, 0.29) is 5.41 Å². The number of benzene rings is 1. The number of rotatable bonds is 5. The van der Waals surface area contributed by atoms with Gasteiger partial charge in [0.15, 0.2) is 0 Å². The molecule has 1 saturated carbocycles.